The quantitative estimate of drug-likeness (QED) is 0.254. The Morgan fingerprint density at radius 2 is 1.61 bits per heavy atom. The lowest BCUT2D eigenvalue weighted by Crippen LogP contribution is -2.26. The third kappa shape index (κ3) is 4.80. The number of hydrogen-bond acceptors (Lipinski definition) is 1. The van der Waals surface area contributed by atoms with E-state index in [1.807, 2.05) is 0 Å². The summed E-state index contributed by atoms with van der Waals surface area (Å²) in [5.41, 5.74) is 0.233. The average Bonchev–Trinajstić information content (AvgIpc) is 2.51. The van der Waals surface area contributed by atoms with E-state index < -0.39 is 17.0 Å². The molecule has 2 rings (SSSR count). The van der Waals surface area contributed by atoms with E-state index in [4.69, 9.17) is 0 Å². The molecule has 0 aliphatic heterocycles. The summed E-state index contributed by atoms with van der Waals surface area (Å²) in [5, 5.41) is -0.821. The molecule has 0 spiro atoms. The molecule has 0 aliphatic carbocycles. The highest BCUT2D eigenvalue weighted by Gasteiger charge is 2.29. The van der Waals surface area contributed by atoms with Gasteiger partial charge in [-0.3, -0.25) is 4.90 Å². The van der Waals surface area contributed by atoms with Gasteiger partial charge in [-0.25, -0.2) is 0 Å². The first-order valence-electron chi connectivity index (χ1n) is 6.56. The molecule has 0 atom stereocenters. The summed E-state index contributed by atoms with van der Waals surface area (Å²) >= 11 is 4.55. The fraction of sp³-hybridized carbons (Fsp3) is 0.118. The van der Waals surface area contributed by atoms with Crippen LogP contribution >= 0.6 is 12.2 Å². The molecule has 0 N–H and O–H groups in total. The van der Waals surface area contributed by atoms with Gasteiger partial charge < -0.3 is 0 Å². The van der Waals surface area contributed by atoms with Gasteiger partial charge in [-0.1, -0.05) is 30.0 Å². The van der Waals surface area contributed by atoms with Crippen LogP contribution in [0.5, 0.6) is 0 Å². The van der Waals surface area contributed by atoms with Crippen LogP contribution in [0, 0.1) is 11.8 Å². The van der Waals surface area contributed by atoms with Crippen LogP contribution in [-0.2, 0) is 6.18 Å². The van der Waals surface area contributed by atoms with Gasteiger partial charge in [-0.2, -0.15) is 17.6 Å². The molecule has 118 valence electrons. The second-order valence-electron chi connectivity index (χ2n) is 4.55. The fourth-order valence-electron chi connectivity index (χ4n) is 1.83. The monoisotopic (exact) mass is 337 g/mol. The molecule has 0 aromatic heterocycles. The number of halogens is 4. The molecule has 0 radical (unpaired) electrons. The molecular formula is C17H11F4NS. The molecule has 0 amide bonds. The van der Waals surface area contributed by atoms with Crippen molar-refractivity contribution in [1.82, 2.24) is 0 Å². The van der Waals surface area contributed by atoms with Crippen molar-refractivity contribution in [2.45, 2.75) is 6.18 Å². The summed E-state index contributed by atoms with van der Waals surface area (Å²) in [6.07, 6.45) is -4.38. The van der Waals surface area contributed by atoms with Crippen molar-refractivity contribution in [2.24, 2.45) is 0 Å². The van der Waals surface area contributed by atoms with Gasteiger partial charge in [0.25, 0.3) is 5.24 Å². The Morgan fingerprint density at radius 1 is 1.00 bits per heavy atom. The Kier molecular flexibility index (Phi) is 5.35. The number of hydrogen-bond donors (Lipinski definition) is 0. The molecule has 6 heteroatoms. The van der Waals surface area contributed by atoms with Gasteiger partial charge in [0.1, 0.15) is 0 Å². The standard InChI is InChI=1S/C17H11F4NS/c18-16(23)22(15-6-2-1-3-7-15)12-4-5-13-8-10-14(11-9-13)17(19,20)21/h1-3,6-11H,12H2. The molecular weight excluding hydrogens is 326 g/mol. The van der Waals surface area contributed by atoms with Crippen molar-refractivity contribution in [2.75, 3.05) is 11.4 Å². The number of para-hydroxylation sites is 1. The Balaban J connectivity index is 2.11. The van der Waals surface area contributed by atoms with Gasteiger partial charge in [0.05, 0.1) is 12.1 Å². The third-order valence-electron chi connectivity index (χ3n) is 2.96. The van der Waals surface area contributed by atoms with E-state index in [1.165, 1.54) is 17.0 Å². The maximum Gasteiger partial charge on any atom is 0.416 e. The number of rotatable bonds is 2. The second kappa shape index (κ2) is 7.25. The summed E-state index contributed by atoms with van der Waals surface area (Å²) in [7, 11) is 0. The van der Waals surface area contributed by atoms with Gasteiger partial charge in [0, 0.05) is 11.3 Å². The van der Waals surface area contributed by atoms with Crippen molar-refractivity contribution < 1.29 is 17.6 Å². The molecule has 0 saturated heterocycles. The SMILES string of the molecule is FC(=S)N(CC#Cc1ccc(C(F)(F)F)cc1)c1ccccc1. The molecule has 0 aliphatic rings. The van der Waals surface area contributed by atoms with Gasteiger partial charge in [0.15, 0.2) is 0 Å². The molecule has 0 heterocycles. The summed E-state index contributed by atoms with van der Waals surface area (Å²) < 4.78 is 50.8. The highest BCUT2D eigenvalue weighted by Crippen LogP contribution is 2.28. The van der Waals surface area contributed by atoms with E-state index in [1.54, 1.807) is 30.3 Å². The predicted octanol–water partition coefficient (Wildman–Crippen LogP) is 4.82. The van der Waals surface area contributed by atoms with E-state index in [2.05, 4.69) is 24.1 Å². The second-order valence-corrected chi connectivity index (χ2v) is 4.89. The average molecular weight is 337 g/mol. The highest BCUT2D eigenvalue weighted by atomic mass is 32.1. The van der Waals surface area contributed by atoms with Gasteiger partial charge in [-0.05, 0) is 48.6 Å². The van der Waals surface area contributed by atoms with E-state index in [0.717, 1.165) is 12.1 Å². The molecule has 0 unspecified atom stereocenters. The molecule has 2 aromatic carbocycles. The predicted molar refractivity (Wildman–Crippen MR) is 85.8 cm³/mol. The van der Waals surface area contributed by atoms with Crippen LogP contribution in [0.15, 0.2) is 54.6 Å². The largest absolute Gasteiger partial charge is 0.416 e. The minimum atomic E-state index is -4.38. The molecule has 2 aromatic rings. The Morgan fingerprint density at radius 3 is 2.13 bits per heavy atom. The Hall–Kier alpha value is -2.39. The van der Waals surface area contributed by atoms with Crippen LogP contribution in [0.4, 0.5) is 23.2 Å². The summed E-state index contributed by atoms with van der Waals surface area (Å²) in [6.45, 7) is 0.000366. The fourth-order valence-corrected chi connectivity index (χ4v) is 2.00. The van der Waals surface area contributed by atoms with Gasteiger partial charge >= 0.3 is 6.18 Å². The minimum absolute atomic E-state index is 0.000366. The molecule has 1 nitrogen and oxygen atoms in total. The topological polar surface area (TPSA) is 3.24 Å². The number of thiocarbonyl (C=S) groups is 1. The van der Waals surface area contributed by atoms with Gasteiger partial charge in [-0.15, -0.1) is 0 Å². The number of benzene rings is 2. The lowest BCUT2D eigenvalue weighted by Gasteiger charge is -2.17. The van der Waals surface area contributed by atoms with Crippen LogP contribution in [0.2, 0.25) is 0 Å². The summed E-state index contributed by atoms with van der Waals surface area (Å²) in [5.74, 6) is 5.40. The summed E-state index contributed by atoms with van der Waals surface area (Å²) in [4.78, 5) is 1.20. The lowest BCUT2D eigenvalue weighted by atomic mass is 10.1. The van der Waals surface area contributed by atoms with E-state index >= 15 is 0 Å². The normalized spacial score (nSPS) is 10.6. The Labute approximate surface area is 136 Å². The summed E-state index contributed by atoms with van der Waals surface area (Å²) in [6, 6.07) is 13.1. The van der Waals surface area contributed by atoms with Crippen molar-refractivity contribution in [1.29, 1.82) is 0 Å². The first kappa shape index (κ1) is 17.0. The molecule has 23 heavy (non-hydrogen) atoms. The molecule has 0 fully saturated rings. The van der Waals surface area contributed by atoms with E-state index in [-0.39, 0.29) is 6.54 Å². The van der Waals surface area contributed by atoms with E-state index in [0.29, 0.717) is 11.3 Å². The van der Waals surface area contributed by atoms with Crippen molar-refractivity contribution in [3.8, 4) is 11.8 Å². The van der Waals surface area contributed by atoms with Crippen LogP contribution in [0.25, 0.3) is 0 Å². The van der Waals surface area contributed by atoms with Crippen LogP contribution in [-0.4, -0.2) is 11.8 Å². The van der Waals surface area contributed by atoms with Crippen molar-refractivity contribution >= 4 is 23.1 Å². The van der Waals surface area contributed by atoms with Crippen molar-refractivity contribution in [3.63, 3.8) is 0 Å². The van der Waals surface area contributed by atoms with Crippen LogP contribution in [0.1, 0.15) is 11.1 Å². The van der Waals surface area contributed by atoms with Crippen LogP contribution in [0.3, 0.4) is 0 Å². The molecule has 0 bridgehead atoms. The van der Waals surface area contributed by atoms with Crippen LogP contribution < -0.4 is 4.90 Å². The maximum atomic E-state index is 13.4. The third-order valence-corrected chi connectivity index (χ3v) is 3.18. The van der Waals surface area contributed by atoms with Gasteiger partial charge in [0.2, 0.25) is 0 Å². The lowest BCUT2D eigenvalue weighted by molar-refractivity contribution is -0.137. The zero-order valence-electron chi connectivity index (χ0n) is 11.8. The van der Waals surface area contributed by atoms with E-state index in [9.17, 15) is 17.6 Å². The molecule has 0 saturated carbocycles. The Bertz CT molecular complexity index is 727. The number of nitrogens with zero attached hydrogens (tertiary/aromatic N) is 1. The van der Waals surface area contributed by atoms with Crippen molar-refractivity contribution in [3.05, 3.63) is 65.7 Å². The zero-order valence-corrected chi connectivity index (χ0v) is 12.6. The number of anilines is 1. The first-order chi connectivity index (χ1) is 10.9. The maximum absolute atomic E-state index is 13.4. The minimum Gasteiger partial charge on any atom is -0.297 e. The highest BCUT2D eigenvalue weighted by molar-refractivity contribution is 7.80. The first-order valence-corrected chi connectivity index (χ1v) is 6.97. The zero-order chi connectivity index (χ0) is 16.9. The number of alkyl halides is 3. The smallest absolute Gasteiger partial charge is 0.297 e.